The van der Waals surface area contributed by atoms with Crippen LogP contribution in [-0.4, -0.2) is 12.6 Å². The molecule has 0 aliphatic carbocycles. The summed E-state index contributed by atoms with van der Waals surface area (Å²) in [7, 11) is 0. The lowest BCUT2D eigenvalue weighted by Gasteiger charge is -2.12. The summed E-state index contributed by atoms with van der Waals surface area (Å²) in [5.41, 5.74) is 0. The lowest BCUT2D eigenvalue weighted by atomic mass is 10.0. The molecule has 0 amide bonds. The summed E-state index contributed by atoms with van der Waals surface area (Å²) in [4.78, 5) is 11.6. The molecule has 0 aromatic heterocycles. The highest BCUT2D eigenvalue weighted by Crippen LogP contribution is 2.15. The highest BCUT2D eigenvalue weighted by molar-refractivity contribution is 5.71. The zero-order valence-corrected chi connectivity index (χ0v) is 10.7. The zero-order chi connectivity index (χ0) is 11.6. The van der Waals surface area contributed by atoms with Crippen LogP contribution >= 0.6 is 0 Å². The summed E-state index contributed by atoms with van der Waals surface area (Å²) in [5, 5.41) is 0. The standard InChI is InChI=1S/C14H26O2/c1-13-11-9-7-5-3-2-4-6-8-10-12-16-14(13)15/h13H,2-12H2,1H3/t13-/m0/s1. The van der Waals surface area contributed by atoms with Gasteiger partial charge in [0.15, 0.2) is 0 Å². The fourth-order valence-electron chi connectivity index (χ4n) is 2.22. The van der Waals surface area contributed by atoms with Crippen LogP contribution in [0.4, 0.5) is 0 Å². The molecule has 1 aliphatic rings. The molecular formula is C14H26O2. The van der Waals surface area contributed by atoms with Gasteiger partial charge in [-0.05, 0) is 12.8 Å². The quantitative estimate of drug-likeness (QED) is 0.582. The van der Waals surface area contributed by atoms with Crippen LogP contribution in [0.15, 0.2) is 0 Å². The third kappa shape index (κ3) is 6.14. The highest BCUT2D eigenvalue weighted by Gasteiger charge is 2.13. The minimum Gasteiger partial charge on any atom is -0.465 e. The molecule has 1 heterocycles. The van der Waals surface area contributed by atoms with Gasteiger partial charge in [-0.3, -0.25) is 4.79 Å². The summed E-state index contributed by atoms with van der Waals surface area (Å²) in [5.74, 6) is 0.111. The molecule has 0 N–H and O–H groups in total. The third-order valence-electron chi connectivity index (χ3n) is 3.43. The molecule has 1 rings (SSSR count). The summed E-state index contributed by atoms with van der Waals surface area (Å²) in [6.45, 7) is 2.62. The molecule has 2 nitrogen and oxygen atoms in total. The second-order valence-corrected chi connectivity index (χ2v) is 5.04. The van der Waals surface area contributed by atoms with Gasteiger partial charge in [0, 0.05) is 0 Å². The van der Waals surface area contributed by atoms with Crippen LogP contribution in [0.25, 0.3) is 0 Å². The van der Waals surface area contributed by atoms with Gasteiger partial charge in [-0.25, -0.2) is 0 Å². The van der Waals surface area contributed by atoms with Crippen molar-refractivity contribution in [3.63, 3.8) is 0 Å². The van der Waals surface area contributed by atoms with E-state index in [0.29, 0.717) is 6.61 Å². The number of rotatable bonds is 0. The molecule has 2 heteroatoms. The van der Waals surface area contributed by atoms with Crippen LogP contribution in [0.3, 0.4) is 0 Å². The Bertz CT molecular complexity index is 189. The van der Waals surface area contributed by atoms with Crippen LogP contribution < -0.4 is 0 Å². The van der Waals surface area contributed by atoms with Gasteiger partial charge in [0.2, 0.25) is 0 Å². The maximum Gasteiger partial charge on any atom is 0.308 e. The van der Waals surface area contributed by atoms with Crippen molar-refractivity contribution in [3.8, 4) is 0 Å². The van der Waals surface area contributed by atoms with Crippen molar-refractivity contribution in [1.29, 1.82) is 0 Å². The van der Waals surface area contributed by atoms with E-state index in [4.69, 9.17) is 4.74 Å². The van der Waals surface area contributed by atoms with E-state index < -0.39 is 0 Å². The summed E-state index contributed by atoms with van der Waals surface area (Å²) < 4.78 is 5.26. The predicted molar refractivity (Wildman–Crippen MR) is 66.3 cm³/mol. The lowest BCUT2D eigenvalue weighted by Crippen LogP contribution is -2.15. The predicted octanol–water partition coefficient (Wildman–Crippen LogP) is 4.08. The average molecular weight is 226 g/mol. The van der Waals surface area contributed by atoms with Crippen LogP contribution in [-0.2, 0) is 9.53 Å². The van der Waals surface area contributed by atoms with Crippen LogP contribution in [0.1, 0.15) is 71.1 Å². The highest BCUT2D eigenvalue weighted by atomic mass is 16.5. The van der Waals surface area contributed by atoms with Crippen molar-refractivity contribution in [2.45, 2.75) is 71.1 Å². The molecule has 0 aromatic carbocycles. The van der Waals surface area contributed by atoms with Crippen LogP contribution in [0, 0.1) is 5.92 Å². The smallest absolute Gasteiger partial charge is 0.308 e. The zero-order valence-electron chi connectivity index (χ0n) is 10.7. The van der Waals surface area contributed by atoms with E-state index in [1.807, 2.05) is 6.92 Å². The number of carbonyl (C=O) groups excluding carboxylic acids is 1. The first kappa shape index (κ1) is 13.5. The summed E-state index contributed by atoms with van der Waals surface area (Å²) >= 11 is 0. The summed E-state index contributed by atoms with van der Waals surface area (Å²) in [6.07, 6.45) is 12.4. The molecule has 1 fully saturated rings. The molecule has 0 radical (unpaired) electrons. The van der Waals surface area contributed by atoms with Crippen molar-refractivity contribution in [1.82, 2.24) is 0 Å². The molecular weight excluding hydrogens is 200 g/mol. The van der Waals surface area contributed by atoms with E-state index in [2.05, 4.69) is 0 Å². The van der Waals surface area contributed by atoms with Crippen molar-refractivity contribution >= 4 is 5.97 Å². The average Bonchev–Trinajstić information content (AvgIpc) is 2.29. The van der Waals surface area contributed by atoms with Gasteiger partial charge < -0.3 is 4.74 Å². The molecule has 1 atom stereocenters. The molecule has 0 unspecified atom stereocenters. The van der Waals surface area contributed by atoms with Gasteiger partial charge in [0.05, 0.1) is 12.5 Å². The fourth-order valence-corrected chi connectivity index (χ4v) is 2.22. The van der Waals surface area contributed by atoms with Gasteiger partial charge >= 0.3 is 5.97 Å². The van der Waals surface area contributed by atoms with E-state index in [1.165, 1.54) is 51.4 Å². The molecule has 1 aliphatic heterocycles. The number of carbonyl (C=O) groups is 1. The van der Waals surface area contributed by atoms with Gasteiger partial charge in [0.1, 0.15) is 0 Å². The Morgan fingerprint density at radius 2 is 1.38 bits per heavy atom. The fraction of sp³-hybridized carbons (Fsp3) is 0.929. The Morgan fingerprint density at radius 1 is 0.875 bits per heavy atom. The van der Waals surface area contributed by atoms with Crippen molar-refractivity contribution in [2.75, 3.05) is 6.61 Å². The van der Waals surface area contributed by atoms with Crippen LogP contribution in [0.2, 0.25) is 0 Å². The number of ether oxygens (including phenoxy) is 1. The number of esters is 1. The molecule has 0 aromatic rings. The van der Waals surface area contributed by atoms with Gasteiger partial charge in [0.25, 0.3) is 0 Å². The first-order valence-corrected chi connectivity index (χ1v) is 6.97. The van der Waals surface area contributed by atoms with Crippen molar-refractivity contribution in [3.05, 3.63) is 0 Å². The van der Waals surface area contributed by atoms with E-state index in [-0.39, 0.29) is 11.9 Å². The molecule has 0 spiro atoms. The first-order chi connectivity index (χ1) is 7.80. The Kier molecular flexibility index (Phi) is 7.28. The maximum absolute atomic E-state index is 11.6. The largest absolute Gasteiger partial charge is 0.465 e. The lowest BCUT2D eigenvalue weighted by molar-refractivity contribution is -0.148. The number of cyclic esters (lactones) is 1. The Labute approximate surface area is 99.8 Å². The maximum atomic E-state index is 11.6. The van der Waals surface area contributed by atoms with Crippen LogP contribution in [0.5, 0.6) is 0 Å². The minimum atomic E-state index is 0.0112. The number of hydrogen-bond donors (Lipinski definition) is 0. The Hall–Kier alpha value is -0.530. The van der Waals surface area contributed by atoms with Gasteiger partial charge in [-0.2, -0.15) is 0 Å². The molecule has 0 saturated carbocycles. The van der Waals surface area contributed by atoms with Crippen molar-refractivity contribution < 1.29 is 9.53 Å². The van der Waals surface area contributed by atoms with E-state index in [0.717, 1.165) is 12.8 Å². The van der Waals surface area contributed by atoms with E-state index >= 15 is 0 Å². The molecule has 1 saturated heterocycles. The van der Waals surface area contributed by atoms with Crippen molar-refractivity contribution in [2.24, 2.45) is 5.92 Å². The monoisotopic (exact) mass is 226 g/mol. The summed E-state index contributed by atoms with van der Waals surface area (Å²) in [6, 6.07) is 0. The third-order valence-corrected chi connectivity index (χ3v) is 3.43. The second kappa shape index (κ2) is 8.60. The first-order valence-electron chi connectivity index (χ1n) is 6.97. The van der Waals surface area contributed by atoms with Gasteiger partial charge in [-0.15, -0.1) is 0 Å². The second-order valence-electron chi connectivity index (χ2n) is 5.04. The molecule has 94 valence electrons. The van der Waals surface area contributed by atoms with E-state index in [9.17, 15) is 4.79 Å². The Balaban J connectivity index is 2.24. The Morgan fingerprint density at radius 3 is 2.00 bits per heavy atom. The van der Waals surface area contributed by atoms with Gasteiger partial charge in [-0.1, -0.05) is 58.3 Å². The SMILES string of the molecule is C[C@H]1CCCCCCCCCCCOC1=O. The minimum absolute atomic E-state index is 0.0112. The number of hydrogen-bond acceptors (Lipinski definition) is 2. The topological polar surface area (TPSA) is 26.3 Å². The molecule has 0 bridgehead atoms. The normalized spacial score (nSPS) is 26.8. The van der Waals surface area contributed by atoms with E-state index in [1.54, 1.807) is 0 Å². The molecule has 16 heavy (non-hydrogen) atoms.